The molecule has 0 bridgehead atoms. The third-order valence-electron chi connectivity index (χ3n) is 3.80. The van der Waals surface area contributed by atoms with Crippen LogP contribution in [0.25, 0.3) is 0 Å². The Morgan fingerprint density at radius 2 is 2.12 bits per heavy atom. The normalized spacial score (nSPS) is 17.2. The van der Waals surface area contributed by atoms with Crippen LogP contribution in [0.15, 0.2) is 0 Å². The van der Waals surface area contributed by atoms with Gasteiger partial charge in [-0.2, -0.15) is 5.10 Å². The average Bonchev–Trinajstić information content (AvgIpc) is 3.02. The quantitative estimate of drug-likeness (QED) is 0.810. The van der Waals surface area contributed by atoms with Crippen molar-refractivity contribution in [3.8, 4) is 0 Å². The van der Waals surface area contributed by atoms with Crippen molar-refractivity contribution in [2.75, 3.05) is 0 Å². The zero-order valence-corrected chi connectivity index (χ0v) is 11.5. The summed E-state index contributed by atoms with van der Waals surface area (Å²) in [5.41, 5.74) is 1.85. The monoisotopic (exact) mass is 254 g/mol. The molecule has 1 fully saturated rings. The van der Waals surface area contributed by atoms with Crippen molar-refractivity contribution >= 4 is 17.4 Å². The fourth-order valence-corrected chi connectivity index (χ4v) is 2.65. The molecule has 0 aromatic carbocycles. The molecule has 0 saturated heterocycles. The number of rotatable bonds is 5. The molecule has 1 aromatic rings. The maximum absolute atomic E-state index is 11.6. The van der Waals surface area contributed by atoms with Crippen LogP contribution in [0.1, 0.15) is 45.0 Å². The van der Waals surface area contributed by atoms with Crippen LogP contribution in [-0.4, -0.2) is 15.6 Å². The lowest BCUT2D eigenvalue weighted by atomic mass is 9.95. The van der Waals surface area contributed by atoms with Gasteiger partial charge in [-0.15, -0.1) is 0 Å². The maximum Gasteiger partial charge on any atom is 0.136 e. The first-order chi connectivity index (χ1) is 8.04. The molecule has 1 aromatic heterocycles. The molecule has 3 nitrogen and oxygen atoms in total. The lowest BCUT2D eigenvalue weighted by molar-refractivity contribution is -0.122. The second-order valence-electron chi connectivity index (χ2n) is 4.89. The number of ketones is 1. The van der Waals surface area contributed by atoms with Crippen LogP contribution in [0.2, 0.25) is 5.02 Å². The summed E-state index contributed by atoms with van der Waals surface area (Å²) in [4.78, 5) is 11.6. The van der Waals surface area contributed by atoms with Crippen LogP contribution >= 0.6 is 11.6 Å². The second-order valence-corrected chi connectivity index (χ2v) is 5.27. The van der Waals surface area contributed by atoms with Gasteiger partial charge in [-0.3, -0.25) is 9.48 Å². The second kappa shape index (κ2) is 4.45. The van der Waals surface area contributed by atoms with Gasteiger partial charge in [0.2, 0.25) is 0 Å². The van der Waals surface area contributed by atoms with Crippen molar-refractivity contribution in [2.45, 2.75) is 53.0 Å². The number of aromatic nitrogens is 2. The molecule has 1 heterocycles. The van der Waals surface area contributed by atoms with Crippen LogP contribution in [-0.2, 0) is 24.2 Å². The van der Waals surface area contributed by atoms with Crippen molar-refractivity contribution in [3.05, 3.63) is 16.4 Å². The first-order valence-corrected chi connectivity index (χ1v) is 6.67. The highest BCUT2D eigenvalue weighted by molar-refractivity contribution is 6.32. The molecule has 94 valence electrons. The largest absolute Gasteiger partial charge is 0.299 e. The molecule has 1 aliphatic rings. The Hall–Kier alpha value is -0.830. The van der Waals surface area contributed by atoms with E-state index in [1.54, 1.807) is 6.92 Å². The Bertz CT molecular complexity index is 447. The molecule has 0 N–H and O–H groups in total. The predicted octanol–water partition coefficient (Wildman–Crippen LogP) is 3.03. The van der Waals surface area contributed by atoms with E-state index in [-0.39, 0.29) is 11.2 Å². The van der Waals surface area contributed by atoms with Crippen molar-refractivity contribution in [3.63, 3.8) is 0 Å². The van der Waals surface area contributed by atoms with E-state index in [4.69, 9.17) is 11.6 Å². The molecule has 17 heavy (non-hydrogen) atoms. The van der Waals surface area contributed by atoms with Crippen molar-refractivity contribution in [1.82, 2.24) is 9.78 Å². The van der Waals surface area contributed by atoms with Gasteiger partial charge >= 0.3 is 0 Å². The van der Waals surface area contributed by atoms with Gasteiger partial charge < -0.3 is 0 Å². The highest BCUT2D eigenvalue weighted by Gasteiger charge is 2.48. The van der Waals surface area contributed by atoms with E-state index in [1.165, 1.54) is 0 Å². The first kappa shape index (κ1) is 12.6. The molecule has 0 atom stereocenters. The molecule has 0 amide bonds. The Labute approximate surface area is 107 Å². The van der Waals surface area contributed by atoms with Crippen molar-refractivity contribution < 1.29 is 4.79 Å². The molecule has 0 spiro atoms. The molecule has 1 saturated carbocycles. The minimum atomic E-state index is -0.137. The summed E-state index contributed by atoms with van der Waals surface area (Å²) in [5, 5.41) is 5.26. The number of hydrogen-bond donors (Lipinski definition) is 0. The molecular formula is C13H19ClN2O. The average molecular weight is 255 g/mol. The number of halogens is 1. The summed E-state index contributed by atoms with van der Waals surface area (Å²) in [7, 11) is 0. The fourth-order valence-electron chi connectivity index (χ4n) is 2.31. The third kappa shape index (κ3) is 2.13. The van der Waals surface area contributed by atoms with Gasteiger partial charge in [0.15, 0.2) is 0 Å². The number of carbonyl (C=O) groups excluding carboxylic acids is 1. The van der Waals surface area contributed by atoms with E-state index in [0.717, 1.165) is 48.6 Å². The van der Waals surface area contributed by atoms with E-state index < -0.39 is 0 Å². The van der Waals surface area contributed by atoms with Gasteiger partial charge in [0.05, 0.1) is 16.4 Å². The molecular weight excluding hydrogens is 236 g/mol. The van der Waals surface area contributed by atoms with Gasteiger partial charge in [0, 0.05) is 18.4 Å². The standard InChI is InChI=1S/C13H19ClN2O/c1-4-10-12(14)11(16(5-2)15-10)8-13(6-7-13)9(3)17/h4-8H2,1-3H3. The van der Waals surface area contributed by atoms with E-state index in [0.29, 0.717) is 0 Å². The Morgan fingerprint density at radius 1 is 1.47 bits per heavy atom. The topological polar surface area (TPSA) is 34.9 Å². The lowest BCUT2D eigenvalue weighted by Gasteiger charge is -2.12. The predicted molar refractivity (Wildman–Crippen MR) is 68.3 cm³/mol. The van der Waals surface area contributed by atoms with Crippen molar-refractivity contribution in [1.29, 1.82) is 0 Å². The van der Waals surface area contributed by atoms with Gasteiger partial charge in [0.25, 0.3) is 0 Å². The van der Waals surface area contributed by atoms with Gasteiger partial charge in [-0.05, 0) is 33.1 Å². The summed E-state index contributed by atoms with van der Waals surface area (Å²) < 4.78 is 1.95. The number of nitrogens with zero attached hydrogens (tertiary/aromatic N) is 2. The smallest absolute Gasteiger partial charge is 0.136 e. The molecule has 0 radical (unpaired) electrons. The lowest BCUT2D eigenvalue weighted by Crippen LogP contribution is -2.18. The first-order valence-electron chi connectivity index (χ1n) is 6.29. The zero-order valence-electron chi connectivity index (χ0n) is 10.7. The summed E-state index contributed by atoms with van der Waals surface area (Å²) in [6.45, 7) is 6.60. The number of aryl methyl sites for hydroxylation is 2. The van der Waals surface area contributed by atoms with Crippen LogP contribution in [0.4, 0.5) is 0 Å². The summed E-state index contributed by atoms with van der Waals surface area (Å²) in [5.74, 6) is 0.287. The minimum absolute atomic E-state index is 0.137. The van der Waals surface area contributed by atoms with E-state index >= 15 is 0 Å². The van der Waals surface area contributed by atoms with Crippen LogP contribution in [0.3, 0.4) is 0 Å². The van der Waals surface area contributed by atoms with Crippen molar-refractivity contribution in [2.24, 2.45) is 5.41 Å². The number of Topliss-reactive ketones (excluding diaryl/α,β-unsaturated/α-hetero) is 1. The highest BCUT2D eigenvalue weighted by atomic mass is 35.5. The van der Waals surface area contributed by atoms with Gasteiger partial charge in [0.1, 0.15) is 5.78 Å². The summed E-state index contributed by atoms with van der Waals surface area (Å²) in [6, 6.07) is 0. The Balaban J connectivity index is 2.32. The number of carbonyl (C=O) groups is 1. The van der Waals surface area contributed by atoms with Gasteiger partial charge in [-0.25, -0.2) is 0 Å². The number of hydrogen-bond acceptors (Lipinski definition) is 2. The zero-order chi connectivity index (χ0) is 12.6. The summed E-state index contributed by atoms with van der Waals surface area (Å²) in [6.07, 6.45) is 3.58. The maximum atomic E-state index is 11.6. The summed E-state index contributed by atoms with van der Waals surface area (Å²) >= 11 is 6.35. The molecule has 0 unspecified atom stereocenters. The fraction of sp³-hybridized carbons (Fsp3) is 0.692. The van der Waals surface area contributed by atoms with E-state index in [9.17, 15) is 4.79 Å². The van der Waals surface area contributed by atoms with Gasteiger partial charge in [-0.1, -0.05) is 18.5 Å². The van der Waals surface area contributed by atoms with Crippen LogP contribution < -0.4 is 0 Å². The molecule has 2 rings (SSSR count). The van der Waals surface area contributed by atoms with E-state index in [1.807, 2.05) is 4.68 Å². The third-order valence-corrected chi connectivity index (χ3v) is 4.24. The minimum Gasteiger partial charge on any atom is -0.299 e. The molecule has 1 aliphatic carbocycles. The Kier molecular flexibility index (Phi) is 3.30. The highest BCUT2D eigenvalue weighted by Crippen LogP contribution is 2.50. The van der Waals surface area contributed by atoms with Crippen LogP contribution in [0.5, 0.6) is 0 Å². The Morgan fingerprint density at radius 3 is 2.53 bits per heavy atom. The van der Waals surface area contributed by atoms with Crippen LogP contribution in [0, 0.1) is 5.41 Å². The SMILES string of the molecule is CCc1nn(CC)c(CC2(C(C)=O)CC2)c1Cl. The molecule has 4 heteroatoms. The molecule has 0 aliphatic heterocycles. The van der Waals surface area contributed by atoms with E-state index in [2.05, 4.69) is 18.9 Å².